The number of anilines is 1. The molecule has 0 radical (unpaired) electrons. The summed E-state index contributed by atoms with van der Waals surface area (Å²) in [6.07, 6.45) is 4.67. The molecule has 2 amide bonds. The average molecular weight is 346 g/mol. The molecule has 0 bridgehead atoms. The molecule has 2 unspecified atom stereocenters. The van der Waals surface area contributed by atoms with Crippen LogP contribution in [-0.2, 0) is 6.54 Å². The lowest BCUT2D eigenvalue weighted by atomic mass is 10.1. The van der Waals surface area contributed by atoms with Crippen LogP contribution in [-0.4, -0.2) is 52.8 Å². The van der Waals surface area contributed by atoms with Crippen molar-refractivity contribution in [2.24, 2.45) is 0 Å². The van der Waals surface area contributed by atoms with Crippen LogP contribution in [0, 0.1) is 6.92 Å². The van der Waals surface area contributed by atoms with Crippen molar-refractivity contribution in [1.29, 1.82) is 0 Å². The fourth-order valence-corrected chi connectivity index (χ4v) is 3.93. The molecule has 2 fully saturated rings. The van der Waals surface area contributed by atoms with Gasteiger partial charge >= 0.3 is 6.03 Å². The van der Waals surface area contributed by atoms with E-state index in [9.17, 15) is 9.90 Å². The van der Waals surface area contributed by atoms with Gasteiger partial charge in [-0.2, -0.15) is 0 Å². The van der Waals surface area contributed by atoms with Crippen LogP contribution in [0.2, 0.25) is 0 Å². The highest BCUT2D eigenvalue weighted by molar-refractivity contribution is 5.75. The quantitative estimate of drug-likeness (QED) is 0.859. The number of nitrogens with zero attached hydrogens (tertiary/aromatic N) is 3. The van der Waals surface area contributed by atoms with Crippen LogP contribution in [0.4, 0.5) is 10.6 Å². The Balaban J connectivity index is 1.64. The molecule has 0 aliphatic carbocycles. The van der Waals surface area contributed by atoms with Gasteiger partial charge in [-0.05, 0) is 52.0 Å². The molecule has 6 nitrogen and oxygen atoms in total. The second-order valence-electron chi connectivity index (χ2n) is 7.36. The minimum atomic E-state index is -0.374. The summed E-state index contributed by atoms with van der Waals surface area (Å²) >= 11 is 0. The highest BCUT2D eigenvalue weighted by atomic mass is 16.3. The third-order valence-corrected chi connectivity index (χ3v) is 5.18. The highest BCUT2D eigenvalue weighted by Gasteiger charge is 2.29. The second kappa shape index (κ2) is 8.04. The van der Waals surface area contributed by atoms with Crippen molar-refractivity contribution >= 4 is 11.8 Å². The van der Waals surface area contributed by atoms with Gasteiger partial charge in [0.2, 0.25) is 0 Å². The van der Waals surface area contributed by atoms with Crippen molar-refractivity contribution in [2.45, 2.75) is 64.6 Å². The molecule has 0 spiro atoms. The van der Waals surface area contributed by atoms with Crippen molar-refractivity contribution in [3.05, 3.63) is 23.4 Å². The lowest BCUT2D eigenvalue weighted by Crippen LogP contribution is -2.43. The Morgan fingerprint density at radius 1 is 1.32 bits per heavy atom. The fourth-order valence-electron chi connectivity index (χ4n) is 3.93. The summed E-state index contributed by atoms with van der Waals surface area (Å²) in [5.41, 5.74) is 2.08. The number of aryl methyl sites for hydroxylation is 1. The molecule has 2 aliphatic heterocycles. The molecule has 1 aromatic rings. The van der Waals surface area contributed by atoms with Gasteiger partial charge in [-0.3, -0.25) is 0 Å². The van der Waals surface area contributed by atoms with Crippen LogP contribution >= 0.6 is 0 Å². The number of hydrogen-bond acceptors (Lipinski definition) is 4. The third kappa shape index (κ3) is 4.42. The van der Waals surface area contributed by atoms with Gasteiger partial charge in [-0.25, -0.2) is 9.78 Å². The van der Waals surface area contributed by atoms with E-state index < -0.39 is 0 Å². The minimum absolute atomic E-state index is 0.0314. The highest BCUT2D eigenvalue weighted by Crippen LogP contribution is 2.24. The first-order chi connectivity index (χ1) is 12.0. The monoisotopic (exact) mass is 346 g/mol. The molecule has 2 N–H and O–H groups in total. The summed E-state index contributed by atoms with van der Waals surface area (Å²) < 4.78 is 0. The van der Waals surface area contributed by atoms with E-state index in [1.807, 2.05) is 17.9 Å². The van der Waals surface area contributed by atoms with Crippen molar-refractivity contribution in [3.63, 3.8) is 0 Å². The number of aromatic nitrogens is 1. The van der Waals surface area contributed by atoms with E-state index in [2.05, 4.69) is 16.3 Å². The fraction of sp³-hybridized carbons (Fsp3) is 0.684. The Kier molecular flexibility index (Phi) is 5.78. The number of likely N-dealkylation sites (tertiary alicyclic amines) is 1. The summed E-state index contributed by atoms with van der Waals surface area (Å²) in [7, 11) is 0. The van der Waals surface area contributed by atoms with Crippen molar-refractivity contribution in [1.82, 2.24) is 15.2 Å². The van der Waals surface area contributed by atoms with Crippen LogP contribution in [0.25, 0.3) is 0 Å². The molecule has 2 atom stereocenters. The maximum Gasteiger partial charge on any atom is 0.317 e. The van der Waals surface area contributed by atoms with Gasteiger partial charge in [0.1, 0.15) is 5.82 Å². The molecule has 25 heavy (non-hydrogen) atoms. The number of carbonyl (C=O) groups is 1. The molecular weight excluding hydrogens is 316 g/mol. The van der Waals surface area contributed by atoms with Crippen molar-refractivity contribution in [3.8, 4) is 0 Å². The predicted molar refractivity (Wildman–Crippen MR) is 98.7 cm³/mol. The largest absolute Gasteiger partial charge is 0.393 e. The number of nitrogens with one attached hydrogen (secondary N) is 1. The summed E-state index contributed by atoms with van der Waals surface area (Å²) in [5.74, 6) is 1.01. The molecule has 2 saturated heterocycles. The van der Waals surface area contributed by atoms with E-state index in [1.54, 1.807) is 6.92 Å². The molecule has 0 saturated carbocycles. The van der Waals surface area contributed by atoms with Crippen LogP contribution in [0.3, 0.4) is 0 Å². The van der Waals surface area contributed by atoms with E-state index in [1.165, 1.54) is 12.8 Å². The molecular formula is C19H30N4O2. The van der Waals surface area contributed by atoms with E-state index in [4.69, 9.17) is 4.98 Å². The van der Waals surface area contributed by atoms with E-state index >= 15 is 0 Å². The van der Waals surface area contributed by atoms with Gasteiger partial charge in [-0.15, -0.1) is 0 Å². The third-order valence-electron chi connectivity index (χ3n) is 5.18. The zero-order chi connectivity index (χ0) is 17.8. The maximum atomic E-state index is 12.6. The standard InChI is InChI=1S/C19H30N4O2/c1-14-7-8-16(18(21-14)22-9-3-4-10-22)13-20-19(25)23-11-5-6-17(23)12-15(2)24/h7-8,15,17,24H,3-6,9-13H2,1-2H3,(H,20,25). The van der Waals surface area contributed by atoms with Crippen molar-refractivity contribution in [2.75, 3.05) is 24.5 Å². The number of aliphatic hydroxyl groups is 1. The zero-order valence-corrected chi connectivity index (χ0v) is 15.4. The molecule has 1 aromatic heterocycles. The van der Waals surface area contributed by atoms with Gasteiger partial charge in [0.15, 0.2) is 0 Å². The van der Waals surface area contributed by atoms with E-state index in [0.29, 0.717) is 13.0 Å². The van der Waals surface area contributed by atoms with Gasteiger partial charge in [0, 0.05) is 43.5 Å². The number of carbonyl (C=O) groups excluding carboxylic acids is 1. The van der Waals surface area contributed by atoms with E-state index in [-0.39, 0.29) is 18.2 Å². The second-order valence-corrected chi connectivity index (χ2v) is 7.36. The lowest BCUT2D eigenvalue weighted by molar-refractivity contribution is 0.138. The summed E-state index contributed by atoms with van der Waals surface area (Å²) in [6.45, 7) is 7.14. The van der Waals surface area contributed by atoms with Gasteiger partial charge < -0.3 is 20.2 Å². The lowest BCUT2D eigenvalue weighted by Gasteiger charge is -2.26. The van der Waals surface area contributed by atoms with Crippen LogP contribution in [0.15, 0.2) is 12.1 Å². The molecule has 138 valence electrons. The number of hydrogen-bond donors (Lipinski definition) is 2. The Morgan fingerprint density at radius 2 is 2.08 bits per heavy atom. The summed E-state index contributed by atoms with van der Waals surface area (Å²) in [4.78, 5) is 21.5. The summed E-state index contributed by atoms with van der Waals surface area (Å²) in [6, 6.07) is 4.20. The Bertz CT molecular complexity index is 599. The zero-order valence-electron chi connectivity index (χ0n) is 15.4. The first-order valence-corrected chi connectivity index (χ1v) is 9.48. The van der Waals surface area contributed by atoms with Crippen LogP contribution in [0.5, 0.6) is 0 Å². The van der Waals surface area contributed by atoms with Crippen LogP contribution in [0.1, 0.15) is 50.3 Å². The number of pyridine rings is 1. The molecule has 2 aliphatic rings. The number of aliphatic hydroxyl groups excluding tert-OH is 1. The first-order valence-electron chi connectivity index (χ1n) is 9.48. The topological polar surface area (TPSA) is 68.7 Å². The Morgan fingerprint density at radius 3 is 2.80 bits per heavy atom. The number of urea groups is 1. The Hall–Kier alpha value is -1.82. The van der Waals surface area contributed by atoms with Crippen LogP contribution < -0.4 is 10.2 Å². The Labute approximate surface area is 150 Å². The number of amides is 2. The molecule has 0 aromatic carbocycles. The molecule has 6 heteroatoms. The molecule has 3 heterocycles. The average Bonchev–Trinajstić information content (AvgIpc) is 3.24. The van der Waals surface area contributed by atoms with Gasteiger partial charge in [0.25, 0.3) is 0 Å². The van der Waals surface area contributed by atoms with Crippen molar-refractivity contribution < 1.29 is 9.90 Å². The van der Waals surface area contributed by atoms with Gasteiger partial charge in [-0.1, -0.05) is 6.07 Å². The minimum Gasteiger partial charge on any atom is -0.393 e. The first kappa shape index (κ1) is 18.0. The SMILES string of the molecule is Cc1ccc(CNC(=O)N2CCCC2CC(C)O)c(N2CCCC2)n1. The predicted octanol–water partition coefficient (Wildman–Crippen LogP) is 2.44. The maximum absolute atomic E-state index is 12.6. The summed E-state index contributed by atoms with van der Waals surface area (Å²) in [5, 5.41) is 12.7. The van der Waals surface area contributed by atoms with Gasteiger partial charge in [0.05, 0.1) is 6.10 Å². The van der Waals surface area contributed by atoms with E-state index in [0.717, 1.165) is 49.6 Å². The number of rotatable bonds is 5. The molecule has 3 rings (SSSR count). The smallest absolute Gasteiger partial charge is 0.317 e. The normalized spacial score (nSPS) is 21.6.